The van der Waals surface area contributed by atoms with E-state index in [9.17, 15) is 8.78 Å². The molecule has 0 saturated carbocycles. The number of nitrogens with zero attached hydrogens (tertiary/aromatic N) is 2. The van der Waals surface area contributed by atoms with Gasteiger partial charge in [0, 0.05) is 31.7 Å². The number of alkyl halides is 2. The highest BCUT2D eigenvalue weighted by Crippen LogP contribution is 2.20. The number of hydrogen-bond acceptors (Lipinski definition) is 2. The van der Waals surface area contributed by atoms with Crippen molar-refractivity contribution in [1.82, 2.24) is 9.80 Å². The van der Waals surface area contributed by atoms with Gasteiger partial charge in [0.05, 0.1) is 6.54 Å². The topological polar surface area (TPSA) is 6.48 Å². The molecule has 15 heavy (non-hydrogen) atoms. The molecule has 4 heteroatoms. The van der Waals surface area contributed by atoms with Crippen molar-refractivity contribution in [3.8, 4) is 0 Å². The molecule has 0 aromatic carbocycles. The maximum atomic E-state index is 12.2. The van der Waals surface area contributed by atoms with Crippen LogP contribution >= 0.6 is 0 Å². The maximum absolute atomic E-state index is 12.2. The highest BCUT2D eigenvalue weighted by atomic mass is 19.3. The van der Waals surface area contributed by atoms with Gasteiger partial charge in [0.15, 0.2) is 0 Å². The van der Waals surface area contributed by atoms with Gasteiger partial charge < -0.3 is 0 Å². The van der Waals surface area contributed by atoms with Crippen molar-refractivity contribution in [1.29, 1.82) is 0 Å². The van der Waals surface area contributed by atoms with Gasteiger partial charge in [-0.2, -0.15) is 0 Å². The van der Waals surface area contributed by atoms with E-state index < -0.39 is 6.43 Å². The van der Waals surface area contributed by atoms with Gasteiger partial charge in [-0.15, -0.1) is 0 Å². The normalized spacial score (nSPS) is 21.2. The molecular formula is C11H22F2N2. The third-order valence-corrected chi connectivity index (χ3v) is 3.49. The predicted octanol–water partition coefficient (Wildman–Crippen LogP) is 2.06. The Morgan fingerprint density at radius 2 is 1.67 bits per heavy atom. The standard InChI is InChI=1S/C11H22F2N2/c1-4-11(2,3)15-7-5-14(6-8-15)9-10(12)13/h10H,4-9H2,1-3H3. The van der Waals surface area contributed by atoms with Gasteiger partial charge in [-0.05, 0) is 20.3 Å². The highest BCUT2D eigenvalue weighted by molar-refractivity contribution is 4.84. The molecule has 1 saturated heterocycles. The smallest absolute Gasteiger partial charge is 0.251 e. The predicted molar refractivity (Wildman–Crippen MR) is 58.4 cm³/mol. The van der Waals surface area contributed by atoms with Crippen LogP contribution in [-0.2, 0) is 0 Å². The molecule has 0 amide bonds. The van der Waals surface area contributed by atoms with Crippen LogP contribution in [0.4, 0.5) is 8.78 Å². The molecule has 0 spiro atoms. The van der Waals surface area contributed by atoms with Crippen LogP contribution in [0.2, 0.25) is 0 Å². The van der Waals surface area contributed by atoms with Gasteiger partial charge in [-0.25, -0.2) is 8.78 Å². The Morgan fingerprint density at radius 3 is 2.07 bits per heavy atom. The van der Waals surface area contributed by atoms with Crippen molar-refractivity contribution >= 4 is 0 Å². The van der Waals surface area contributed by atoms with Crippen LogP contribution in [0.15, 0.2) is 0 Å². The first-order valence-electron chi connectivity index (χ1n) is 5.71. The third kappa shape index (κ3) is 3.68. The van der Waals surface area contributed by atoms with Crippen molar-refractivity contribution in [2.45, 2.75) is 39.2 Å². The Hall–Kier alpha value is -0.220. The summed E-state index contributed by atoms with van der Waals surface area (Å²) < 4.78 is 24.3. The first kappa shape index (κ1) is 12.8. The third-order valence-electron chi connectivity index (χ3n) is 3.49. The fourth-order valence-corrected chi connectivity index (χ4v) is 1.95. The van der Waals surface area contributed by atoms with Gasteiger partial charge in [0.25, 0.3) is 6.43 Å². The number of piperazine rings is 1. The molecule has 1 heterocycles. The summed E-state index contributed by atoms with van der Waals surface area (Å²) in [6, 6.07) is 0. The van der Waals surface area contributed by atoms with E-state index in [2.05, 4.69) is 25.7 Å². The molecule has 0 N–H and O–H groups in total. The molecule has 2 nitrogen and oxygen atoms in total. The van der Waals surface area contributed by atoms with Gasteiger partial charge >= 0.3 is 0 Å². The van der Waals surface area contributed by atoms with Crippen molar-refractivity contribution in [2.75, 3.05) is 32.7 Å². The molecule has 1 aliphatic rings. The van der Waals surface area contributed by atoms with E-state index in [-0.39, 0.29) is 12.1 Å². The van der Waals surface area contributed by atoms with E-state index in [1.54, 1.807) is 0 Å². The van der Waals surface area contributed by atoms with Crippen LogP contribution in [0.3, 0.4) is 0 Å². The zero-order valence-corrected chi connectivity index (χ0v) is 9.97. The first-order chi connectivity index (χ1) is 6.95. The SMILES string of the molecule is CCC(C)(C)N1CCN(CC(F)F)CC1. The molecule has 0 radical (unpaired) electrons. The molecule has 1 rings (SSSR count). The zero-order chi connectivity index (χ0) is 11.5. The van der Waals surface area contributed by atoms with Gasteiger partial charge in [-0.1, -0.05) is 6.92 Å². The van der Waals surface area contributed by atoms with Crippen molar-refractivity contribution in [3.63, 3.8) is 0 Å². The average molecular weight is 220 g/mol. The summed E-state index contributed by atoms with van der Waals surface area (Å²) in [6.07, 6.45) is -1.10. The van der Waals surface area contributed by atoms with Crippen LogP contribution in [0.25, 0.3) is 0 Å². The molecule has 0 aliphatic carbocycles. The van der Waals surface area contributed by atoms with E-state index in [1.807, 2.05) is 4.90 Å². The van der Waals surface area contributed by atoms with Crippen molar-refractivity contribution < 1.29 is 8.78 Å². The fourth-order valence-electron chi connectivity index (χ4n) is 1.95. The molecule has 1 aliphatic heterocycles. The summed E-state index contributed by atoms with van der Waals surface area (Å²) in [5.41, 5.74) is 0.205. The van der Waals surface area contributed by atoms with E-state index >= 15 is 0 Å². The van der Waals surface area contributed by atoms with Crippen LogP contribution in [0, 0.1) is 0 Å². The lowest BCUT2D eigenvalue weighted by molar-refractivity contribution is 0.0204. The summed E-state index contributed by atoms with van der Waals surface area (Å²) in [7, 11) is 0. The Kier molecular flexibility index (Phi) is 4.46. The molecule has 0 aromatic heterocycles. The summed E-state index contributed by atoms with van der Waals surface area (Å²) in [6.45, 7) is 9.90. The van der Waals surface area contributed by atoms with Crippen LogP contribution in [-0.4, -0.2) is 54.5 Å². The highest BCUT2D eigenvalue weighted by Gasteiger charge is 2.28. The monoisotopic (exact) mass is 220 g/mol. The first-order valence-corrected chi connectivity index (χ1v) is 5.71. The molecule has 0 aromatic rings. The second-order valence-corrected chi connectivity index (χ2v) is 4.84. The molecular weight excluding hydrogens is 198 g/mol. The van der Waals surface area contributed by atoms with Crippen LogP contribution in [0.1, 0.15) is 27.2 Å². The second-order valence-electron chi connectivity index (χ2n) is 4.84. The zero-order valence-electron chi connectivity index (χ0n) is 9.97. The van der Waals surface area contributed by atoms with Gasteiger partial charge in [0.2, 0.25) is 0 Å². The fraction of sp³-hybridized carbons (Fsp3) is 1.00. The minimum Gasteiger partial charge on any atom is -0.296 e. The Balaban J connectivity index is 2.36. The second kappa shape index (κ2) is 5.21. The number of hydrogen-bond donors (Lipinski definition) is 0. The minimum absolute atomic E-state index is 0.0691. The summed E-state index contributed by atoms with van der Waals surface area (Å²) in [5.74, 6) is 0. The molecule has 1 fully saturated rings. The lowest BCUT2D eigenvalue weighted by Crippen LogP contribution is -2.54. The maximum Gasteiger partial charge on any atom is 0.251 e. The van der Waals surface area contributed by atoms with Gasteiger partial charge in [0.1, 0.15) is 0 Å². The largest absolute Gasteiger partial charge is 0.296 e. The van der Waals surface area contributed by atoms with Crippen LogP contribution in [0.5, 0.6) is 0 Å². The van der Waals surface area contributed by atoms with E-state index in [0.717, 1.165) is 32.6 Å². The van der Waals surface area contributed by atoms with E-state index in [4.69, 9.17) is 0 Å². The molecule has 0 atom stereocenters. The van der Waals surface area contributed by atoms with Crippen molar-refractivity contribution in [3.05, 3.63) is 0 Å². The molecule has 0 bridgehead atoms. The van der Waals surface area contributed by atoms with Crippen molar-refractivity contribution in [2.24, 2.45) is 0 Å². The van der Waals surface area contributed by atoms with E-state index in [0.29, 0.717) is 0 Å². The lowest BCUT2D eigenvalue weighted by Gasteiger charge is -2.43. The quantitative estimate of drug-likeness (QED) is 0.715. The average Bonchev–Trinajstić information content (AvgIpc) is 2.18. The Bertz CT molecular complexity index is 187. The number of rotatable bonds is 4. The van der Waals surface area contributed by atoms with Crippen LogP contribution < -0.4 is 0 Å². The Morgan fingerprint density at radius 1 is 1.13 bits per heavy atom. The number of halogens is 2. The lowest BCUT2D eigenvalue weighted by atomic mass is 9.98. The molecule has 90 valence electrons. The summed E-state index contributed by atoms with van der Waals surface area (Å²) in [5, 5.41) is 0. The minimum atomic E-state index is -2.20. The van der Waals surface area contributed by atoms with Gasteiger partial charge in [-0.3, -0.25) is 9.80 Å². The summed E-state index contributed by atoms with van der Waals surface area (Å²) in [4.78, 5) is 4.25. The Labute approximate surface area is 91.2 Å². The molecule has 0 unspecified atom stereocenters. The summed E-state index contributed by atoms with van der Waals surface area (Å²) >= 11 is 0. The van der Waals surface area contributed by atoms with E-state index in [1.165, 1.54) is 0 Å².